The zero-order valence-electron chi connectivity index (χ0n) is 11.0. The molecular weight excluding hydrogens is 281 g/mol. The topological polar surface area (TPSA) is 58.6 Å². The van der Waals surface area contributed by atoms with Crippen molar-refractivity contribution in [1.82, 2.24) is 9.99 Å². The minimum Gasteiger partial charge on any atom is -0.450 e. The normalized spacial score (nSPS) is 37.7. The van der Waals surface area contributed by atoms with Crippen molar-refractivity contribution in [3.63, 3.8) is 0 Å². The molecular formula is C11H19BN2O3P2. The van der Waals surface area contributed by atoms with Crippen molar-refractivity contribution in [3.05, 3.63) is 12.7 Å². The standard InChI is InChI=1S/C11H19BN2O3P2/c1-2-6-4-11(6,10(16)17-19)13-9(15)8-3-7(12)5-14(8)18/h2,6-8H,1,3-5,12,18-19H2,(H,13,15). The van der Waals surface area contributed by atoms with Crippen LogP contribution in [0.15, 0.2) is 12.7 Å². The molecule has 6 atom stereocenters. The molecule has 0 aromatic rings. The van der Waals surface area contributed by atoms with Crippen molar-refractivity contribution in [3.8, 4) is 0 Å². The molecule has 6 unspecified atom stereocenters. The van der Waals surface area contributed by atoms with Crippen LogP contribution in [0.25, 0.3) is 0 Å². The number of rotatable bonds is 4. The summed E-state index contributed by atoms with van der Waals surface area (Å²) in [5.74, 6) is -0.0928. The Hall–Kier alpha value is -0.435. The first kappa shape index (κ1) is 15.0. The molecule has 0 aromatic carbocycles. The highest BCUT2D eigenvalue weighted by molar-refractivity contribution is 7.13. The van der Waals surface area contributed by atoms with Crippen molar-refractivity contribution in [2.24, 2.45) is 5.92 Å². The van der Waals surface area contributed by atoms with E-state index in [2.05, 4.69) is 29.1 Å². The van der Waals surface area contributed by atoms with Crippen LogP contribution < -0.4 is 5.32 Å². The van der Waals surface area contributed by atoms with E-state index < -0.39 is 11.5 Å². The maximum Gasteiger partial charge on any atom is 0.334 e. The van der Waals surface area contributed by atoms with Crippen LogP contribution in [0, 0.1) is 5.92 Å². The summed E-state index contributed by atoms with van der Waals surface area (Å²) in [6.45, 7) is 4.56. The molecule has 0 radical (unpaired) electrons. The molecule has 2 rings (SSSR count). The van der Waals surface area contributed by atoms with E-state index in [9.17, 15) is 9.59 Å². The average Bonchev–Trinajstić information content (AvgIpc) is 2.98. The number of hydrogen-bond acceptors (Lipinski definition) is 4. The second-order valence-electron chi connectivity index (χ2n) is 5.47. The van der Waals surface area contributed by atoms with Crippen LogP contribution in [0.2, 0.25) is 5.82 Å². The van der Waals surface area contributed by atoms with Gasteiger partial charge in [0.05, 0.1) is 15.5 Å². The van der Waals surface area contributed by atoms with Crippen LogP contribution in [-0.2, 0) is 14.1 Å². The van der Waals surface area contributed by atoms with Gasteiger partial charge in [0.15, 0.2) is 0 Å². The summed E-state index contributed by atoms with van der Waals surface area (Å²) in [7, 11) is 6.64. The Morgan fingerprint density at radius 2 is 2.26 bits per heavy atom. The lowest BCUT2D eigenvalue weighted by atomic mass is 9.85. The predicted octanol–water partition coefficient (Wildman–Crippen LogP) is -0.333. The molecule has 0 bridgehead atoms. The van der Waals surface area contributed by atoms with E-state index in [1.165, 1.54) is 0 Å². The highest BCUT2D eigenvalue weighted by Gasteiger charge is 2.61. The van der Waals surface area contributed by atoms with E-state index in [0.29, 0.717) is 12.2 Å². The van der Waals surface area contributed by atoms with Crippen LogP contribution in [0.5, 0.6) is 0 Å². The molecule has 1 N–H and O–H groups in total. The first-order valence-corrected chi connectivity index (χ1v) is 7.30. The van der Waals surface area contributed by atoms with Gasteiger partial charge in [-0.1, -0.05) is 21.3 Å². The van der Waals surface area contributed by atoms with Crippen LogP contribution in [0.3, 0.4) is 0 Å². The molecule has 1 saturated carbocycles. The van der Waals surface area contributed by atoms with Gasteiger partial charge in [0.25, 0.3) is 0 Å². The third-order valence-electron chi connectivity index (χ3n) is 3.97. The summed E-state index contributed by atoms with van der Waals surface area (Å²) in [6.07, 6.45) is 3.06. The molecule has 19 heavy (non-hydrogen) atoms. The summed E-state index contributed by atoms with van der Waals surface area (Å²) in [6, 6.07) is -0.194. The molecule has 1 amide bonds. The summed E-state index contributed by atoms with van der Waals surface area (Å²) >= 11 is 0. The van der Waals surface area contributed by atoms with E-state index in [-0.39, 0.29) is 17.9 Å². The van der Waals surface area contributed by atoms with Gasteiger partial charge in [0, 0.05) is 5.92 Å². The van der Waals surface area contributed by atoms with E-state index >= 15 is 0 Å². The molecule has 2 aliphatic rings. The number of hydrogen-bond donors (Lipinski definition) is 1. The van der Waals surface area contributed by atoms with E-state index in [1.807, 2.05) is 14.1 Å². The van der Waals surface area contributed by atoms with E-state index in [0.717, 1.165) is 13.0 Å². The van der Waals surface area contributed by atoms with Gasteiger partial charge in [-0.2, -0.15) is 0 Å². The summed E-state index contributed by atoms with van der Waals surface area (Å²) in [4.78, 5) is 24.2. The SMILES string of the molecule is BC1CC(C(=O)NC2(C(=O)OP)CC2C=C)N(P)C1. The molecule has 104 valence electrons. The Morgan fingerprint density at radius 3 is 2.68 bits per heavy atom. The van der Waals surface area contributed by atoms with Gasteiger partial charge in [-0.05, 0) is 19.4 Å². The summed E-state index contributed by atoms with van der Waals surface area (Å²) in [5.41, 5.74) is -0.905. The minimum absolute atomic E-state index is 0.0405. The Kier molecular flexibility index (Phi) is 4.34. The van der Waals surface area contributed by atoms with Crippen LogP contribution >= 0.6 is 18.9 Å². The van der Waals surface area contributed by atoms with Gasteiger partial charge in [0.2, 0.25) is 5.91 Å². The average molecular weight is 300 g/mol. The lowest BCUT2D eigenvalue weighted by Gasteiger charge is -2.22. The van der Waals surface area contributed by atoms with Gasteiger partial charge in [-0.25, -0.2) is 4.79 Å². The summed E-state index contributed by atoms with van der Waals surface area (Å²) in [5, 5.41) is 2.86. The number of nitrogens with zero attached hydrogens (tertiary/aromatic N) is 1. The molecule has 0 aromatic heterocycles. The maximum absolute atomic E-state index is 12.3. The van der Waals surface area contributed by atoms with Crippen LogP contribution in [-0.4, -0.2) is 42.5 Å². The Balaban J connectivity index is 2.05. The van der Waals surface area contributed by atoms with Crippen molar-refractivity contribution < 1.29 is 14.1 Å². The van der Waals surface area contributed by atoms with Gasteiger partial charge in [-0.3, -0.25) is 9.46 Å². The minimum atomic E-state index is -0.905. The predicted molar refractivity (Wildman–Crippen MR) is 82.1 cm³/mol. The van der Waals surface area contributed by atoms with E-state index in [4.69, 9.17) is 4.52 Å². The smallest absolute Gasteiger partial charge is 0.334 e. The largest absolute Gasteiger partial charge is 0.450 e. The zero-order chi connectivity index (χ0) is 14.2. The molecule has 1 heterocycles. The zero-order valence-corrected chi connectivity index (χ0v) is 13.3. The monoisotopic (exact) mass is 300 g/mol. The second kappa shape index (κ2) is 5.51. The fourth-order valence-corrected chi connectivity index (χ4v) is 3.57. The quantitative estimate of drug-likeness (QED) is 0.439. The Bertz CT molecular complexity index is 423. The van der Waals surface area contributed by atoms with Crippen LogP contribution in [0.4, 0.5) is 0 Å². The molecule has 1 aliphatic carbocycles. The number of amides is 1. The van der Waals surface area contributed by atoms with Crippen molar-refractivity contribution in [2.45, 2.75) is 30.2 Å². The first-order chi connectivity index (χ1) is 8.94. The van der Waals surface area contributed by atoms with Gasteiger partial charge in [-0.15, -0.1) is 6.58 Å². The second-order valence-corrected chi connectivity index (χ2v) is 6.36. The van der Waals surface area contributed by atoms with Crippen molar-refractivity contribution in [2.75, 3.05) is 6.54 Å². The third kappa shape index (κ3) is 2.72. The fourth-order valence-electron chi connectivity index (χ4n) is 2.75. The van der Waals surface area contributed by atoms with Gasteiger partial charge in [0.1, 0.15) is 13.4 Å². The summed E-state index contributed by atoms with van der Waals surface area (Å²) < 4.78 is 6.67. The number of carbonyl (C=O) groups excluding carboxylic acids is 2. The molecule has 2 fully saturated rings. The highest BCUT2D eigenvalue weighted by Crippen LogP contribution is 2.46. The molecule has 0 spiro atoms. The highest BCUT2D eigenvalue weighted by atomic mass is 31.0. The first-order valence-electron chi connectivity index (χ1n) is 6.31. The van der Waals surface area contributed by atoms with Gasteiger partial charge < -0.3 is 9.84 Å². The molecule has 1 aliphatic heterocycles. The number of carbonyl (C=O) groups is 2. The third-order valence-corrected chi connectivity index (χ3v) is 4.75. The fraction of sp³-hybridized carbons (Fsp3) is 0.636. The van der Waals surface area contributed by atoms with Crippen molar-refractivity contribution in [1.29, 1.82) is 0 Å². The number of nitrogens with one attached hydrogen (secondary N) is 1. The Morgan fingerprint density at radius 1 is 1.58 bits per heavy atom. The van der Waals surface area contributed by atoms with E-state index in [1.54, 1.807) is 6.08 Å². The lowest BCUT2D eigenvalue weighted by Crippen LogP contribution is -2.50. The van der Waals surface area contributed by atoms with Crippen molar-refractivity contribution >= 4 is 38.6 Å². The Labute approximate surface area is 118 Å². The van der Waals surface area contributed by atoms with Gasteiger partial charge >= 0.3 is 5.97 Å². The van der Waals surface area contributed by atoms with Crippen LogP contribution in [0.1, 0.15) is 12.8 Å². The molecule has 8 heteroatoms. The molecule has 1 saturated heterocycles. The maximum atomic E-state index is 12.3. The molecule has 5 nitrogen and oxygen atoms in total. The lowest BCUT2D eigenvalue weighted by molar-refractivity contribution is -0.140.